The first-order valence-corrected chi connectivity index (χ1v) is 10.3. The quantitative estimate of drug-likeness (QED) is 0.506. The van der Waals surface area contributed by atoms with E-state index in [1.54, 1.807) is 30.3 Å². The van der Waals surface area contributed by atoms with E-state index in [1.165, 1.54) is 7.11 Å². The molecule has 3 aromatic carbocycles. The Hall–Kier alpha value is -4.65. The first kappa shape index (κ1) is 20.3. The zero-order chi connectivity index (χ0) is 22.9. The summed E-state index contributed by atoms with van der Waals surface area (Å²) in [7, 11) is 1.47. The van der Waals surface area contributed by atoms with E-state index in [0.29, 0.717) is 22.7 Å². The van der Waals surface area contributed by atoms with Crippen LogP contribution in [0.25, 0.3) is 17.3 Å². The number of hydrogen-bond acceptors (Lipinski definition) is 5. The highest BCUT2D eigenvalue weighted by Crippen LogP contribution is 2.38. The van der Waals surface area contributed by atoms with Gasteiger partial charge < -0.3 is 9.84 Å². The lowest BCUT2D eigenvalue weighted by Crippen LogP contribution is -2.30. The van der Waals surface area contributed by atoms with Gasteiger partial charge in [-0.1, -0.05) is 60.7 Å². The van der Waals surface area contributed by atoms with Gasteiger partial charge in [0.05, 0.1) is 24.2 Å². The third kappa shape index (κ3) is 3.45. The van der Waals surface area contributed by atoms with Crippen LogP contribution in [0.5, 0.6) is 11.6 Å². The number of allylic oxidation sites excluding steroid dienone is 1. The van der Waals surface area contributed by atoms with Crippen LogP contribution in [0.3, 0.4) is 0 Å². The highest BCUT2D eigenvalue weighted by molar-refractivity contribution is 6.39. The Bertz CT molecular complexity index is 1550. The van der Waals surface area contributed by atoms with Crippen molar-refractivity contribution in [2.24, 2.45) is 4.99 Å². The molecule has 0 aliphatic carbocycles. The van der Waals surface area contributed by atoms with E-state index in [9.17, 15) is 14.7 Å². The summed E-state index contributed by atoms with van der Waals surface area (Å²) in [6.07, 6.45) is 1.57. The zero-order valence-corrected chi connectivity index (χ0v) is 17.6. The summed E-state index contributed by atoms with van der Waals surface area (Å²) in [5.74, 6) is -0.115. The number of benzene rings is 3. The first-order chi connectivity index (χ1) is 16.1. The van der Waals surface area contributed by atoms with Crippen LogP contribution < -0.4 is 16.0 Å². The molecule has 4 aromatic rings. The van der Waals surface area contributed by atoms with Gasteiger partial charge in [0.25, 0.3) is 5.56 Å². The highest BCUT2D eigenvalue weighted by Gasteiger charge is 2.24. The minimum Gasteiger partial charge on any atom is -0.495 e. The molecule has 2 N–H and O–H groups in total. The molecule has 0 amide bonds. The Morgan fingerprint density at radius 1 is 0.939 bits per heavy atom. The van der Waals surface area contributed by atoms with E-state index in [0.717, 1.165) is 21.4 Å². The van der Waals surface area contributed by atoms with Gasteiger partial charge in [-0.25, -0.2) is 14.4 Å². The monoisotopic (exact) mass is 437 g/mol. The van der Waals surface area contributed by atoms with Gasteiger partial charge in [-0.3, -0.25) is 9.78 Å². The van der Waals surface area contributed by atoms with Crippen molar-refractivity contribution >= 4 is 23.0 Å². The van der Waals surface area contributed by atoms with Gasteiger partial charge in [0, 0.05) is 16.7 Å². The van der Waals surface area contributed by atoms with Gasteiger partial charge in [-0.15, -0.1) is 0 Å². The molecule has 0 radical (unpaired) electrons. The van der Waals surface area contributed by atoms with Crippen molar-refractivity contribution in [2.75, 3.05) is 7.11 Å². The van der Waals surface area contributed by atoms with Gasteiger partial charge in [0.2, 0.25) is 5.88 Å². The Morgan fingerprint density at radius 3 is 2.42 bits per heavy atom. The number of nitrogens with one attached hydrogen (secondary N) is 1. The molecular weight excluding hydrogens is 418 g/mol. The fourth-order valence-electron chi connectivity index (χ4n) is 3.92. The summed E-state index contributed by atoms with van der Waals surface area (Å²) in [6.45, 7) is 0. The molecule has 33 heavy (non-hydrogen) atoms. The van der Waals surface area contributed by atoms with Crippen LogP contribution >= 0.6 is 0 Å². The number of aromatic hydroxyl groups is 1. The van der Waals surface area contributed by atoms with Crippen molar-refractivity contribution in [3.63, 3.8) is 0 Å². The summed E-state index contributed by atoms with van der Waals surface area (Å²) in [6, 6.07) is 23.9. The number of aliphatic imine (C=N–C) groups is 1. The summed E-state index contributed by atoms with van der Waals surface area (Å²) in [5, 5.41) is 11.1. The van der Waals surface area contributed by atoms with E-state index in [4.69, 9.17) is 9.73 Å². The first-order valence-electron chi connectivity index (χ1n) is 10.3. The van der Waals surface area contributed by atoms with Crippen LogP contribution in [-0.2, 0) is 0 Å². The number of aromatic nitrogens is 2. The van der Waals surface area contributed by atoms with Gasteiger partial charge in [0.15, 0.2) is 0 Å². The lowest BCUT2D eigenvalue weighted by molar-refractivity contribution is 0.401. The summed E-state index contributed by atoms with van der Waals surface area (Å²) in [5.41, 5.74) is 2.57. The Morgan fingerprint density at radius 2 is 1.64 bits per heavy atom. The average Bonchev–Trinajstić information content (AvgIpc) is 3.21. The normalized spacial score (nSPS) is 13.6. The number of hydrogen-bond donors (Lipinski definition) is 2. The third-order valence-corrected chi connectivity index (χ3v) is 5.46. The molecule has 0 atom stereocenters. The molecule has 0 unspecified atom stereocenters. The molecule has 5 rings (SSSR count). The van der Waals surface area contributed by atoms with E-state index in [1.807, 2.05) is 54.6 Å². The van der Waals surface area contributed by atoms with Crippen molar-refractivity contribution in [2.45, 2.75) is 0 Å². The number of rotatable bonds is 4. The van der Waals surface area contributed by atoms with E-state index < -0.39 is 17.1 Å². The van der Waals surface area contributed by atoms with Crippen molar-refractivity contribution in [1.29, 1.82) is 0 Å². The predicted molar refractivity (Wildman–Crippen MR) is 128 cm³/mol. The van der Waals surface area contributed by atoms with Crippen molar-refractivity contribution in [3.05, 3.63) is 116 Å². The van der Waals surface area contributed by atoms with Crippen LogP contribution in [0.1, 0.15) is 16.7 Å². The molecule has 1 aliphatic rings. The average molecular weight is 437 g/mol. The SMILES string of the molecule is COc1ccccc1-n1c(O)c(/C=C2\C(c3ccccc3)=Nc3ccccc32)c(=O)[nH]c1=O. The minimum absolute atomic E-state index is 0.0594. The molecule has 0 spiro atoms. The fraction of sp³-hybridized carbons (Fsp3) is 0.0385. The maximum absolute atomic E-state index is 12.8. The Kier molecular flexibility index (Phi) is 4.99. The number of H-pyrrole nitrogens is 1. The van der Waals surface area contributed by atoms with Gasteiger partial charge in [0.1, 0.15) is 11.3 Å². The summed E-state index contributed by atoms with van der Waals surface area (Å²) in [4.78, 5) is 32.5. The largest absolute Gasteiger partial charge is 0.495 e. The van der Waals surface area contributed by atoms with Crippen LogP contribution in [0.4, 0.5) is 5.69 Å². The lowest BCUT2D eigenvalue weighted by atomic mass is 9.96. The number of ether oxygens (including phenoxy) is 1. The smallest absolute Gasteiger partial charge is 0.335 e. The molecule has 0 saturated carbocycles. The summed E-state index contributed by atoms with van der Waals surface area (Å²) >= 11 is 0. The maximum Gasteiger partial charge on any atom is 0.335 e. The highest BCUT2D eigenvalue weighted by atomic mass is 16.5. The van der Waals surface area contributed by atoms with E-state index in [-0.39, 0.29) is 5.56 Å². The summed E-state index contributed by atoms with van der Waals surface area (Å²) < 4.78 is 6.36. The molecular formula is C26H19N3O4. The lowest BCUT2D eigenvalue weighted by Gasteiger charge is -2.13. The number of fused-ring (bicyclic) bond motifs is 1. The fourth-order valence-corrected chi connectivity index (χ4v) is 3.92. The van der Waals surface area contributed by atoms with Crippen LogP contribution in [0.2, 0.25) is 0 Å². The molecule has 2 heterocycles. The number of para-hydroxylation sites is 3. The van der Waals surface area contributed by atoms with Gasteiger partial charge >= 0.3 is 5.69 Å². The van der Waals surface area contributed by atoms with E-state index in [2.05, 4.69) is 4.98 Å². The molecule has 1 aliphatic heterocycles. The van der Waals surface area contributed by atoms with Crippen LogP contribution in [-0.4, -0.2) is 27.5 Å². The zero-order valence-electron chi connectivity index (χ0n) is 17.6. The topological polar surface area (TPSA) is 96.7 Å². The molecule has 0 saturated heterocycles. The van der Waals surface area contributed by atoms with Crippen LogP contribution in [0.15, 0.2) is 93.4 Å². The predicted octanol–water partition coefficient (Wildman–Crippen LogP) is 3.92. The van der Waals surface area contributed by atoms with Crippen molar-refractivity contribution in [3.8, 4) is 17.3 Å². The van der Waals surface area contributed by atoms with Gasteiger partial charge in [-0.05, 0) is 24.3 Å². The third-order valence-electron chi connectivity index (χ3n) is 5.46. The molecule has 1 aromatic heterocycles. The number of nitrogens with zero attached hydrogens (tertiary/aromatic N) is 2. The van der Waals surface area contributed by atoms with Crippen molar-refractivity contribution in [1.82, 2.24) is 9.55 Å². The molecule has 0 bridgehead atoms. The number of methoxy groups -OCH3 is 1. The van der Waals surface area contributed by atoms with Crippen molar-refractivity contribution < 1.29 is 9.84 Å². The number of aromatic amines is 1. The molecule has 162 valence electrons. The van der Waals surface area contributed by atoms with Crippen LogP contribution in [0, 0.1) is 0 Å². The molecule has 7 heteroatoms. The Balaban J connectivity index is 1.76. The minimum atomic E-state index is -0.770. The second-order valence-corrected chi connectivity index (χ2v) is 7.41. The second kappa shape index (κ2) is 8.12. The Labute approximate surface area is 188 Å². The van der Waals surface area contributed by atoms with E-state index >= 15 is 0 Å². The van der Waals surface area contributed by atoms with Gasteiger partial charge in [-0.2, -0.15) is 0 Å². The maximum atomic E-state index is 12.8. The molecule has 7 nitrogen and oxygen atoms in total. The molecule has 0 fully saturated rings. The standard InChI is InChI=1S/C26H19N3O4/c1-33-22-14-8-7-13-21(22)29-25(31)19(24(30)28-26(29)32)15-18-17-11-5-6-12-20(17)27-23(18)16-9-3-2-4-10-16/h2-15,31H,1H3,(H,28,30,32)/b18-15-. The second-order valence-electron chi connectivity index (χ2n) is 7.41.